The van der Waals surface area contributed by atoms with Crippen LogP contribution in [-0.4, -0.2) is 12.2 Å². The average molecular weight is 350 g/mol. The zero-order chi connectivity index (χ0) is 14.5. The zero-order valence-electron chi connectivity index (χ0n) is 10.7. The van der Waals surface area contributed by atoms with Crippen molar-refractivity contribution in [2.45, 2.75) is 16.7 Å². The van der Waals surface area contributed by atoms with Gasteiger partial charge in [0.15, 0.2) is 0 Å². The smallest absolute Gasteiger partial charge is 0.221 e. The number of rotatable bonds is 4. The largest absolute Gasteiger partial charge is 0.326 e. The summed E-state index contributed by atoms with van der Waals surface area (Å²) in [5, 5.41) is 2.73. The quantitative estimate of drug-likeness (QED) is 0.833. The van der Waals surface area contributed by atoms with Crippen molar-refractivity contribution in [1.29, 1.82) is 0 Å². The maximum Gasteiger partial charge on any atom is 0.221 e. The van der Waals surface area contributed by atoms with Gasteiger partial charge in [-0.3, -0.25) is 9.59 Å². The van der Waals surface area contributed by atoms with Crippen molar-refractivity contribution >= 4 is 45.6 Å². The van der Waals surface area contributed by atoms with Crippen LogP contribution >= 0.6 is 27.7 Å². The lowest BCUT2D eigenvalue weighted by molar-refractivity contribution is -0.114. The van der Waals surface area contributed by atoms with Gasteiger partial charge in [0.05, 0.1) is 0 Å². The fraction of sp³-hybridized carbons (Fsp3) is 0.0667. The minimum absolute atomic E-state index is 0.0856. The Hall–Kier alpha value is -1.59. The lowest BCUT2D eigenvalue weighted by Crippen LogP contribution is -2.05. The Morgan fingerprint density at radius 2 is 1.90 bits per heavy atom. The van der Waals surface area contributed by atoms with E-state index in [9.17, 15) is 9.59 Å². The highest BCUT2D eigenvalue weighted by Gasteiger charge is 2.04. The van der Waals surface area contributed by atoms with Crippen molar-refractivity contribution < 1.29 is 9.59 Å². The SMILES string of the molecule is CC(=O)Nc1ccc(Sc2ccc(C=O)cc2Br)cc1. The Morgan fingerprint density at radius 1 is 1.20 bits per heavy atom. The molecule has 20 heavy (non-hydrogen) atoms. The summed E-state index contributed by atoms with van der Waals surface area (Å²) in [4.78, 5) is 23.7. The van der Waals surface area contributed by atoms with Gasteiger partial charge in [0.25, 0.3) is 0 Å². The van der Waals surface area contributed by atoms with Crippen LogP contribution in [0.15, 0.2) is 56.7 Å². The monoisotopic (exact) mass is 349 g/mol. The number of aldehydes is 1. The summed E-state index contributed by atoms with van der Waals surface area (Å²) in [6.07, 6.45) is 0.821. The van der Waals surface area contributed by atoms with E-state index in [0.29, 0.717) is 5.56 Å². The van der Waals surface area contributed by atoms with Gasteiger partial charge >= 0.3 is 0 Å². The summed E-state index contributed by atoms with van der Waals surface area (Å²) in [5.41, 5.74) is 1.42. The first-order valence-corrected chi connectivity index (χ1v) is 7.49. The van der Waals surface area contributed by atoms with E-state index in [1.54, 1.807) is 23.9 Å². The molecule has 102 valence electrons. The molecule has 0 bridgehead atoms. The van der Waals surface area contributed by atoms with E-state index in [2.05, 4.69) is 21.2 Å². The van der Waals surface area contributed by atoms with Crippen LogP contribution in [0.5, 0.6) is 0 Å². The Balaban J connectivity index is 2.13. The molecule has 3 nitrogen and oxygen atoms in total. The predicted molar refractivity (Wildman–Crippen MR) is 84.4 cm³/mol. The summed E-state index contributed by atoms with van der Waals surface area (Å²) >= 11 is 5.04. The van der Waals surface area contributed by atoms with Crippen LogP contribution in [-0.2, 0) is 4.79 Å². The highest BCUT2D eigenvalue weighted by molar-refractivity contribution is 9.10. The van der Waals surface area contributed by atoms with Gasteiger partial charge in [0.2, 0.25) is 5.91 Å². The van der Waals surface area contributed by atoms with Gasteiger partial charge in [0.1, 0.15) is 6.29 Å². The van der Waals surface area contributed by atoms with Crippen LogP contribution in [0.2, 0.25) is 0 Å². The number of benzene rings is 2. The van der Waals surface area contributed by atoms with E-state index in [1.165, 1.54) is 6.92 Å². The van der Waals surface area contributed by atoms with Crippen molar-refractivity contribution in [3.05, 3.63) is 52.5 Å². The molecule has 0 heterocycles. The van der Waals surface area contributed by atoms with Crippen molar-refractivity contribution in [2.24, 2.45) is 0 Å². The van der Waals surface area contributed by atoms with E-state index in [-0.39, 0.29) is 5.91 Å². The van der Waals surface area contributed by atoms with Crippen LogP contribution in [0.1, 0.15) is 17.3 Å². The first kappa shape index (κ1) is 14.8. The topological polar surface area (TPSA) is 46.2 Å². The van der Waals surface area contributed by atoms with Crippen LogP contribution in [0.25, 0.3) is 0 Å². The third-order valence-corrected chi connectivity index (χ3v) is 4.50. The molecule has 2 aromatic rings. The first-order valence-electron chi connectivity index (χ1n) is 5.89. The molecule has 0 spiro atoms. The minimum Gasteiger partial charge on any atom is -0.326 e. The highest BCUT2D eigenvalue weighted by Crippen LogP contribution is 2.34. The number of anilines is 1. The molecule has 0 fully saturated rings. The van der Waals surface area contributed by atoms with Crippen molar-refractivity contribution in [1.82, 2.24) is 0 Å². The predicted octanol–water partition coefficient (Wildman–Crippen LogP) is 4.37. The second kappa shape index (κ2) is 6.72. The lowest BCUT2D eigenvalue weighted by atomic mass is 10.2. The van der Waals surface area contributed by atoms with E-state index < -0.39 is 0 Å². The van der Waals surface area contributed by atoms with E-state index in [0.717, 1.165) is 26.2 Å². The molecule has 5 heteroatoms. The molecule has 2 rings (SSSR count). The van der Waals surface area contributed by atoms with Crippen molar-refractivity contribution in [3.8, 4) is 0 Å². The third kappa shape index (κ3) is 3.95. The molecule has 0 aliphatic carbocycles. The Bertz CT molecular complexity index is 641. The zero-order valence-corrected chi connectivity index (χ0v) is 13.1. The lowest BCUT2D eigenvalue weighted by Gasteiger charge is -2.06. The number of hydrogen-bond acceptors (Lipinski definition) is 3. The van der Waals surface area contributed by atoms with Gasteiger partial charge < -0.3 is 5.32 Å². The minimum atomic E-state index is -0.0856. The van der Waals surface area contributed by atoms with Crippen molar-refractivity contribution in [2.75, 3.05) is 5.32 Å². The van der Waals surface area contributed by atoms with Crippen LogP contribution < -0.4 is 5.32 Å². The Kier molecular flexibility index (Phi) is 4.98. The standard InChI is InChI=1S/C15H12BrNO2S/c1-10(19)17-12-3-5-13(6-4-12)20-15-7-2-11(9-18)8-14(15)16/h2-9H,1H3,(H,17,19). The molecular weight excluding hydrogens is 338 g/mol. The Labute approximate surface area is 129 Å². The fourth-order valence-corrected chi connectivity index (χ4v) is 3.07. The molecular formula is C15H12BrNO2S. The van der Waals surface area contributed by atoms with Gasteiger partial charge in [-0.15, -0.1) is 0 Å². The molecule has 0 aliphatic rings. The van der Waals surface area contributed by atoms with E-state index >= 15 is 0 Å². The number of carbonyl (C=O) groups excluding carboxylic acids is 2. The third-order valence-electron chi connectivity index (χ3n) is 2.49. The highest BCUT2D eigenvalue weighted by atomic mass is 79.9. The van der Waals surface area contributed by atoms with Gasteiger partial charge in [-0.05, 0) is 52.3 Å². The average Bonchev–Trinajstić information content (AvgIpc) is 2.42. The maximum atomic E-state index is 10.9. The molecule has 0 aliphatic heterocycles. The molecule has 2 aromatic carbocycles. The van der Waals surface area contributed by atoms with Crippen molar-refractivity contribution in [3.63, 3.8) is 0 Å². The number of nitrogens with one attached hydrogen (secondary N) is 1. The summed E-state index contributed by atoms with van der Waals surface area (Å²) in [5.74, 6) is -0.0856. The molecule has 0 saturated carbocycles. The number of hydrogen-bond donors (Lipinski definition) is 1. The molecule has 0 aromatic heterocycles. The molecule has 0 radical (unpaired) electrons. The summed E-state index contributed by atoms with van der Waals surface area (Å²) in [6.45, 7) is 1.48. The Morgan fingerprint density at radius 3 is 2.45 bits per heavy atom. The number of carbonyl (C=O) groups is 2. The number of halogens is 1. The van der Waals surface area contributed by atoms with E-state index in [1.807, 2.05) is 30.3 Å². The summed E-state index contributed by atoms with van der Waals surface area (Å²) in [7, 11) is 0. The molecule has 1 amide bonds. The van der Waals surface area contributed by atoms with Gasteiger partial charge in [-0.2, -0.15) is 0 Å². The van der Waals surface area contributed by atoms with Crippen LogP contribution in [0, 0.1) is 0 Å². The van der Waals surface area contributed by atoms with Gasteiger partial charge in [-0.25, -0.2) is 0 Å². The molecule has 0 saturated heterocycles. The second-order valence-corrected chi connectivity index (χ2v) is 6.09. The van der Waals surface area contributed by atoms with E-state index in [4.69, 9.17) is 0 Å². The summed E-state index contributed by atoms with van der Waals surface area (Å²) in [6, 6.07) is 13.1. The number of amides is 1. The van der Waals surface area contributed by atoms with Crippen LogP contribution in [0.4, 0.5) is 5.69 Å². The normalized spacial score (nSPS) is 10.1. The molecule has 0 atom stereocenters. The molecule has 1 N–H and O–H groups in total. The van der Waals surface area contributed by atoms with Crippen LogP contribution in [0.3, 0.4) is 0 Å². The first-order chi connectivity index (χ1) is 9.58. The maximum absolute atomic E-state index is 10.9. The van der Waals surface area contributed by atoms with Gasteiger partial charge in [-0.1, -0.05) is 17.8 Å². The van der Waals surface area contributed by atoms with Gasteiger partial charge in [0, 0.05) is 32.4 Å². The second-order valence-electron chi connectivity index (χ2n) is 4.12. The fourth-order valence-electron chi connectivity index (χ4n) is 1.61. The summed E-state index contributed by atoms with van der Waals surface area (Å²) < 4.78 is 0.887. The molecule has 0 unspecified atom stereocenters.